The van der Waals surface area contributed by atoms with Gasteiger partial charge in [0.1, 0.15) is 21.4 Å². The van der Waals surface area contributed by atoms with Crippen molar-refractivity contribution >= 4 is 39.3 Å². The number of esters is 1. The summed E-state index contributed by atoms with van der Waals surface area (Å²) in [5.41, 5.74) is 2.25. The minimum Gasteiger partial charge on any atom is -0.494 e. The van der Waals surface area contributed by atoms with Gasteiger partial charge in [-0.1, -0.05) is 12.1 Å². The van der Waals surface area contributed by atoms with Crippen LogP contribution < -0.4 is 4.74 Å². The summed E-state index contributed by atoms with van der Waals surface area (Å²) in [5, 5.41) is 4.18. The van der Waals surface area contributed by atoms with Crippen LogP contribution in [0.3, 0.4) is 0 Å². The number of hydrogen-bond acceptors (Lipinski definition) is 7. The van der Waals surface area contributed by atoms with Crippen LogP contribution in [0.4, 0.5) is 0 Å². The molecule has 0 spiro atoms. The van der Waals surface area contributed by atoms with E-state index in [1.807, 2.05) is 26.0 Å². The van der Waals surface area contributed by atoms with Crippen LogP contribution in [-0.4, -0.2) is 35.4 Å². The van der Waals surface area contributed by atoms with Crippen molar-refractivity contribution in [2.45, 2.75) is 31.7 Å². The lowest BCUT2D eigenvalue weighted by atomic mass is 10.1. The van der Waals surface area contributed by atoms with Gasteiger partial charge < -0.3 is 9.47 Å². The predicted molar refractivity (Wildman–Crippen MR) is 111 cm³/mol. The molecule has 0 unspecified atom stereocenters. The Morgan fingerprint density at radius 1 is 1.22 bits per heavy atom. The Morgan fingerprint density at radius 2 is 2.00 bits per heavy atom. The third-order valence-electron chi connectivity index (χ3n) is 3.98. The number of ether oxygens (including phenoxy) is 2. The summed E-state index contributed by atoms with van der Waals surface area (Å²) in [6.07, 6.45) is 1.18. The number of hydrogen-bond donors (Lipinski definition) is 0. The molecule has 0 radical (unpaired) electrons. The molecule has 5 nitrogen and oxygen atoms in total. The highest BCUT2D eigenvalue weighted by atomic mass is 32.2. The molecule has 0 bridgehead atoms. The first kappa shape index (κ1) is 19.6. The van der Waals surface area contributed by atoms with E-state index >= 15 is 0 Å². The van der Waals surface area contributed by atoms with Gasteiger partial charge in [0, 0.05) is 23.1 Å². The van der Waals surface area contributed by atoms with Crippen molar-refractivity contribution in [2.75, 3.05) is 19.5 Å². The summed E-state index contributed by atoms with van der Waals surface area (Å²) in [6, 6.07) is 8.11. The number of carbonyl (C=O) groups excluding carboxylic acids is 1. The summed E-state index contributed by atoms with van der Waals surface area (Å²) < 4.78 is 10.2. The van der Waals surface area contributed by atoms with E-state index in [2.05, 4.69) is 27.5 Å². The average Bonchev–Trinajstić information content (AvgIpc) is 3.09. The minimum atomic E-state index is -0.176. The first-order chi connectivity index (χ1) is 13.1. The fourth-order valence-electron chi connectivity index (χ4n) is 2.71. The Kier molecular flexibility index (Phi) is 6.68. The molecule has 142 valence electrons. The van der Waals surface area contributed by atoms with Crippen LogP contribution in [0.25, 0.3) is 21.3 Å². The molecule has 0 N–H and O–H groups in total. The zero-order valence-electron chi connectivity index (χ0n) is 15.7. The van der Waals surface area contributed by atoms with Gasteiger partial charge in [-0.15, -0.1) is 23.1 Å². The van der Waals surface area contributed by atoms with Crippen molar-refractivity contribution in [1.82, 2.24) is 9.97 Å². The third kappa shape index (κ3) is 4.78. The molecular formula is C20H22N2O3S2. The Morgan fingerprint density at radius 3 is 2.70 bits per heavy atom. The second-order valence-electron chi connectivity index (χ2n) is 5.89. The maximum absolute atomic E-state index is 11.3. The van der Waals surface area contributed by atoms with Crippen molar-refractivity contribution in [1.29, 1.82) is 0 Å². The summed E-state index contributed by atoms with van der Waals surface area (Å²) in [4.78, 5) is 21.5. The molecule has 0 aliphatic heterocycles. The number of nitrogens with zero attached hydrogens (tertiary/aromatic N) is 2. The standard InChI is InChI=1S/C20H22N2O3S2/c1-4-25-15-9-7-14(8-10-15)16-12-27-20-18(16)19(21-13(2)22-20)26-11-5-6-17(23)24-3/h7-10,12H,4-6,11H2,1-3H3. The van der Waals surface area contributed by atoms with Gasteiger partial charge in [0.05, 0.1) is 19.1 Å². The Balaban J connectivity index is 1.87. The second kappa shape index (κ2) is 9.19. The number of carbonyl (C=O) groups is 1. The van der Waals surface area contributed by atoms with Crippen LogP contribution in [0.2, 0.25) is 0 Å². The number of thiophene rings is 1. The molecule has 7 heteroatoms. The molecule has 0 saturated heterocycles. The molecule has 3 rings (SSSR count). The van der Waals surface area contributed by atoms with Crippen molar-refractivity contribution in [2.24, 2.45) is 0 Å². The zero-order valence-corrected chi connectivity index (χ0v) is 17.3. The fourth-order valence-corrected chi connectivity index (χ4v) is 4.80. The minimum absolute atomic E-state index is 0.176. The number of rotatable bonds is 8. The average molecular weight is 403 g/mol. The van der Waals surface area contributed by atoms with Crippen LogP contribution in [0.1, 0.15) is 25.6 Å². The molecule has 0 atom stereocenters. The lowest BCUT2D eigenvalue weighted by Crippen LogP contribution is -2.00. The molecule has 0 aliphatic carbocycles. The Hall–Kier alpha value is -2.12. The maximum atomic E-state index is 11.3. The lowest BCUT2D eigenvalue weighted by Gasteiger charge is -2.08. The van der Waals surface area contributed by atoms with E-state index in [0.717, 1.165) is 50.1 Å². The SMILES string of the molecule is CCOc1ccc(-c2csc3nc(C)nc(SCCCC(=O)OC)c23)cc1. The van der Waals surface area contributed by atoms with Gasteiger partial charge in [-0.3, -0.25) is 4.79 Å². The summed E-state index contributed by atoms with van der Waals surface area (Å²) in [5.74, 6) is 2.26. The highest BCUT2D eigenvalue weighted by molar-refractivity contribution is 7.99. The summed E-state index contributed by atoms with van der Waals surface area (Å²) in [7, 11) is 1.42. The number of methoxy groups -OCH3 is 1. The first-order valence-electron chi connectivity index (χ1n) is 8.81. The molecule has 0 fully saturated rings. The van der Waals surface area contributed by atoms with Gasteiger partial charge in [0.15, 0.2) is 0 Å². The van der Waals surface area contributed by atoms with Crippen molar-refractivity contribution < 1.29 is 14.3 Å². The molecule has 27 heavy (non-hydrogen) atoms. The van der Waals surface area contributed by atoms with E-state index in [-0.39, 0.29) is 5.97 Å². The monoisotopic (exact) mass is 402 g/mol. The van der Waals surface area contributed by atoms with E-state index in [1.54, 1.807) is 23.1 Å². The Labute approximate surface area is 167 Å². The van der Waals surface area contributed by atoms with Crippen LogP contribution in [0, 0.1) is 6.92 Å². The number of aryl methyl sites for hydroxylation is 1. The summed E-state index contributed by atoms with van der Waals surface area (Å²) >= 11 is 3.29. The molecule has 3 aromatic rings. The van der Waals surface area contributed by atoms with E-state index in [4.69, 9.17) is 9.47 Å². The maximum Gasteiger partial charge on any atom is 0.305 e. The Bertz CT molecular complexity index is 923. The molecule has 1 aromatic carbocycles. The van der Waals surface area contributed by atoms with Crippen molar-refractivity contribution in [3.8, 4) is 16.9 Å². The van der Waals surface area contributed by atoms with Crippen molar-refractivity contribution in [3.05, 3.63) is 35.5 Å². The van der Waals surface area contributed by atoms with E-state index in [0.29, 0.717) is 13.0 Å². The van der Waals surface area contributed by atoms with Gasteiger partial charge in [0.25, 0.3) is 0 Å². The van der Waals surface area contributed by atoms with Gasteiger partial charge in [-0.25, -0.2) is 9.97 Å². The first-order valence-corrected chi connectivity index (χ1v) is 10.7. The molecule has 0 amide bonds. The second-order valence-corrected chi connectivity index (χ2v) is 7.83. The van der Waals surface area contributed by atoms with Gasteiger partial charge in [0.2, 0.25) is 0 Å². The normalized spacial score (nSPS) is 10.9. The van der Waals surface area contributed by atoms with Gasteiger partial charge >= 0.3 is 5.97 Å². The quantitative estimate of drug-likeness (QED) is 0.226. The number of thioether (sulfide) groups is 1. The van der Waals surface area contributed by atoms with Gasteiger partial charge in [-0.2, -0.15) is 0 Å². The van der Waals surface area contributed by atoms with E-state index in [9.17, 15) is 4.79 Å². The zero-order chi connectivity index (χ0) is 19.2. The number of aromatic nitrogens is 2. The van der Waals surface area contributed by atoms with Crippen LogP contribution in [-0.2, 0) is 9.53 Å². The molecular weight excluding hydrogens is 380 g/mol. The smallest absolute Gasteiger partial charge is 0.305 e. The van der Waals surface area contributed by atoms with Crippen LogP contribution in [0.5, 0.6) is 5.75 Å². The number of fused-ring (bicyclic) bond motifs is 1. The summed E-state index contributed by atoms with van der Waals surface area (Å²) in [6.45, 7) is 4.54. The molecule has 2 aromatic heterocycles. The van der Waals surface area contributed by atoms with Crippen LogP contribution >= 0.6 is 23.1 Å². The fraction of sp³-hybridized carbons (Fsp3) is 0.350. The van der Waals surface area contributed by atoms with E-state index < -0.39 is 0 Å². The third-order valence-corrected chi connectivity index (χ3v) is 5.91. The lowest BCUT2D eigenvalue weighted by molar-refractivity contribution is -0.140. The number of benzene rings is 1. The molecule has 2 heterocycles. The van der Waals surface area contributed by atoms with Crippen molar-refractivity contribution in [3.63, 3.8) is 0 Å². The largest absolute Gasteiger partial charge is 0.494 e. The molecule has 0 aliphatic rings. The van der Waals surface area contributed by atoms with E-state index in [1.165, 1.54) is 7.11 Å². The topological polar surface area (TPSA) is 61.3 Å². The van der Waals surface area contributed by atoms with Crippen LogP contribution in [0.15, 0.2) is 34.7 Å². The highest BCUT2D eigenvalue weighted by Crippen LogP contribution is 2.39. The highest BCUT2D eigenvalue weighted by Gasteiger charge is 2.15. The predicted octanol–water partition coefficient (Wildman–Crippen LogP) is 5.11. The molecule has 0 saturated carbocycles. The van der Waals surface area contributed by atoms with Gasteiger partial charge in [-0.05, 0) is 38.0 Å².